The molecule has 1 aliphatic rings. The number of aromatic hydroxyl groups is 1. The van der Waals surface area contributed by atoms with Gasteiger partial charge in [-0.15, -0.1) is 0 Å². The fraction of sp³-hybridized carbons (Fsp3) is 0.452. The van der Waals surface area contributed by atoms with Crippen LogP contribution in [0.1, 0.15) is 44.2 Å². The van der Waals surface area contributed by atoms with E-state index in [1.807, 2.05) is 19.9 Å². The van der Waals surface area contributed by atoms with E-state index < -0.39 is 60.3 Å². The number of carboxylic acids is 1. The van der Waals surface area contributed by atoms with Crippen molar-refractivity contribution in [3.63, 3.8) is 0 Å². The molecular formula is C31H41N5O7. The van der Waals surface area contributed by atoms with E-state index >= 15 is 0 Å². The highest BCUT2D eigenvalue weighted by atomic mass is 16.4. The maximum atomic E-state index is 13.5. The third-order valence-corrected chi connectivity index (χ3v) is 7.23. The zero-order chi connectivity index (χ0) is 31.5. The summed E-state index contributed by atoms with van der Waals surface area (Å²) in [6.45, 7) is 3.65. The van der Waals surface area contributed by atoms with Crippen LogP contribution in [0.3, 0.4) is 0 Å². The van der Waals surface area contributed by atoms with E-state index in [1.165, 1.54) is 17.0 Å². The Bertz CT molecular complexity index is 1270. The number of rotatable bonds is 14. The van der Waals surface area contributed by atoms with Crippen molar-refractivity contribution < 1.29 is 34.2 Å². The van der Waals surface area contributed by atoms with Gasteiger partial charge >= 0.3 is 5.97 Å². The molecule has 0 aromatic heterocycles. The fourth-order valence-corrected chi connectivity index (χ4v) is 5.03. The molecule has 1 saturated heterocycles. The molecule has 0 bridgehead atoms. The van der Waals surface area contributed by atoms with Crippen molar-refractivity contribution in [2.75, 3.05) is 13.1 Å². The molecule has 2 aromatic rings. The fourth-order valence-electron chi connectivity index (χ4n) is 5.03. The number of carbonyl (C=O) groups is 5. The maximum Gasteiger partial charge on any atom is 0.326 e. The maximum absolute atomic E-state index is 13.5. The lowest BCUT2D eigenvalue weighted by Gasteiger charge is -2.29. The Morgan fingerprint density at radius 1 is 0.907 bits per heavy atom. The number of carbonyl (C=O) groups excluding carboxylic acids is 4. The quantitative estimate of drug-likeness (QED) is 0.184. The van der Waals surface area contributed by atoms with E-state index in [0.29, 0.717) is 19.4 Å². The zero-order valence-electron chi connectivity index (χ0n) is 24.5. The van der Waals surface area contributed by atoms with Crippen molar-refractivity contribution in [3.8, 4) is 5.75 Å². The van der Waals surface area contributed by atoms with Gasteiger partial charge in [0, 0.05) is 13.0 Å². The van der Waals surface area contributed by atoms with Crippen LogP contribution < -0.4 is 21.7 Å². The Balaban J connectivity index is 1.67. The lowest BCUT2D eigenvalue weighted by Crippen LogP contribution is -2.57. The molecule has 7 N–H and O–H groups in total. The highest BCUT2D eigenvalue weighted by molar-refractivity contribution is 5.94. The topological polar surface area (TPSA) is 191 Å². The summed E-state index contributed by atoms with van der Waals surface area (Å²) >= 11 is 0. The Morgan fingerprint density at radius 3 is 2.19 bits per heavy atom. The second-order valence-electron chi connectivity index (χ2n) is 11.2. The van der Waals surface area contributed by atoms with E-state index in [-0.39, 0.29) is 30.9 Å². The molecule has 12 heteroatoms. The van der Waals surface area contributed by atoms with Gasteiger partial charge in [-0.05, 0) is 54.9 Å². The van der Waals surface area contributed by atoms with Gasteiger partial charge in [0.15, 0.2) is 0 Å². The average Bonchev–Trinajstić information content (AvgIpc) is 3.47. The average molecular weight is 596 g/mol. The van der Waals surface area contributed by atoms with E-state index in [0.717, 1.165) is 11.1 Å². The monoisotopic (exact) mass is 595 g/mol. The minimum Gasteiger partial charge on any atom is -0.508 e. The molecule has 4 amide bonds. The number of hydrogen-bond acceptors (Lipinski definition) is 7. The van der Waals surface area contributed by atoms with Crippen LogP contribution in [-0.4, -0.2) is 82.0 Å². The number of phenols is 1. The van der Waals surface area contributed by atoms with Gasteiger partial charge in [-0.2, -0.15) is 0 Å². The number of nitrogens with one attached hydrogen (secondary N) is 3. The molecule has 1 aliphatic heterocycles. The number of likely N-dealkylation sites (tertiary alicyclic amines) is 1. The molecule has 1 heterocycles. The summed E-state index contributed by atoms with van der Waals surface area (Å²) < 4.78 is 0. The lowest BCUT2D eigenvalue weighted by atomic mass is 10.00. The van der Waals surface area contributed by atoms with Gasteiger partial charge in [-0.1, -0.05) is 56.3 Å². The first-order valence-corrected chi connectivity index (χ1v) is 14.4. The Labute approximate surface area is 251 Å². The van der Waals surface area contributed by atoms with Crippen LogP contribution in [0.4, 0.5) is 0 Å². The lowest BCUT2D eigenvalue weighted by molar-refractivity contribution is -0.149. The Kier molecular flexibility index (Phi) is 12.1. The summed E-state index contributed by atoms with van der Waals surface area (Å²) in [4.78, 5) is 65.4. The number of amides is 4. The second kappa shape index (κ2) is 15.7. The molecule has 43 heavy (non-hydrogen) atoms. The zero-order valence-corrected chi connectivity index (χ0v) is 24.5. The van der Waals surface area contributed by atoms with Gasteiger partial charge in [0.2, 0.25) is 23.6 Å². The summed E-state index contributed by atoms with van der Waals surface area (Å²) in [5, 5.41) is 26.9. The standard InChI is InChI=1S/C31H41N5O7/c1-19(2)15-25(30(41)36-14-6-9-26(36)31(42)43)35-29(40)24(17-20-7-4-3-5-8-20)34-27(38)18-33-28(39)23(32)16-21-10-12-22(37)13-11-21/h3-5,7-8,10-13,19,23-26,37H,6,9,14-18,32H2,1-2H3,(H,33,39)(H,34,38)(H,35,40)(H,42,43). The minimum atomic E-state index is -1.08. The number of nitrogens with zero attached hydrogens (tertiary/aromatic N) is 1. The Hall–Kier alpha value is -4.45. The summed E-state index contributed by atoms with van der Waals surface area (Å²) in [6, 6.07) is 11.3. The third-order valence-electron chi connectivity index (χ3n) is 7.23. The van der Waals surface area contributed by atoms with Crippen LogP contribution >= 0.6 is 0 Å². The number of nitrogens with two attached hydrogens (primary N) is 1. The first-order valence-electron chi connectivity index (χ1n) is 14.4. The van der Waals surface area contributed by atoms with Gasteiger partial charge in [0.05, 0.1) is 12.6 Å². The van der Waals surface area contributed by atoms with Gasteiger partial charge in [-0.3, -0.25) is 19.2 Å². The second-order valence-corrected chi connectivity index (χ2v) is 11.2. The predicted molar refractivity (Wildman–Crippen MR) is 159 cm³/mol. The van der Waals surface area contributed by atoms with E-state index in [2.05, 4.69) is 16.0 Å². The summed E-state index contributed by atoms with van der Waals surface area (Å²) in [5.74, 6) is -3.23. The van der Waals surface area contributed by atoms with Crippen molar-refractivity contribution in [2.24, 2.45) is 11.7 Å². The molecule has 4 atom stereocenters. The number of benzene rings is 2. The van der Waals surface area contributed by atoms with Crippen molar-refractivity contribution in [1.29, 1.82) is 0 Å². The van der Waals surface area contributed by atoms with Gasteiger partial charge in [0.25, 0.3) is 0 Å². The van der Waals surface area contributed by atoms with Crippen LogP contribution in [0.15, 0.2) is 54.6 Å². The third kappa shape index (κ3) is 10.1. The summed E-state index contributed by atoms with van der Waals surface area (Å²) in [5.41, 5.74) is 7.48. The summed E-state index contributed by atoms with van der Waals surface area (Å²) in [6.07, 6.45) is 1.51. The number of aliphatic carboxylic acids is 1. The van der Waals surface area contributed by atoms with E-state index in [1.54, 1.807) is 36.4 Å². The highest BCUT2D eigenvalue weighted by Crippen LogP contribution is 2.20. The molecule has 4 unspecified atom stereocenters. The van der Waals surface area contributed by atoms with Crippen LogP contribution in [0.5, 0.6) is 5.75 Å². The molecule has 3 rings (SSSR count). The number of hydrogen-bond donors (Lipinski definition) is 6. The SMILES string of the molecule is CC(C)CC(NC(=O)C(Cc1ccccc1)NC(=O)CNC(=O)C(N)Cc1ccc(O)cc1)C(=O)N1CCCC1C(=O)O. The van der Waals surface area contributed by atoms with Crippen LogP contribution in [-0.2, 0) is 36.8 Å². The normalized spacial score (nSPS) is 16.7. The molecule has 0 spiro atoms. The van der Waals surface area contributed by atoms with Gasteiger partial charge < -0.3 is 36.8 Å². The molecule has 0 aliphatic carbocycles. The molecule has 232 valence electrons. The number of phenolic OH excluding ortho intramolecular Hbond substituents is 1. The van der Waals surface area contributed by atoms with E-state index in [9.17, 15) is 34.2 Å². The largest absolute Gasteiger partial charge is 0.508 e. The van der Waals surface area contributed by atoms with Crippen LogP contribution in [0.25, 0.3) is 0 Å². The van der Waals surface area contributed by atoms with Crippen molar-refractivity contribution >= 4 is 29.6 Å². The smallest absolute Gasteiger partial charge is 0.326 e. The van der Waals surface area contributed by atoms with Crippen molar-refractivity contribution in [1.82, 2.24) is 20.9 Å². The first-order chi connectivity index (χ1) is 20.4. The number of carboxylic acid groups (broad SMARTS) is 1. The van der Waals surface area contributed by atoms with Crippen LogP contribution in [0.2, 0.25) is 0 Å². The van der Waals surface area contributed by atoms with Crippen molar-refractivity contribution in [2.45, 2.75) is 70.1 Å². The Morgan fingerprint density at radius 2 is 1.56 bits per heavy atom. The minimum absolute atomic E-state index is 0.0169. The summed E-state index contributed by atoms with van der Waals surface area (Å²) in [7, 11) is 0. The molecular weight excluding hydrogens is 554 g/mol. The molecule has 12 nitrogen and oxygen atoms in total. The highest BCUT2D eigenvalue weighted by Gasteiger charge is 2.38. The first kappa shape index (κ1) is 33.1. The van der Waals surface area contributed by atoms with Gasteiger partial charge in [-0.25, -0.2) is 4.79 Å². The van der Waals surface area contributed by atoms with E-state index in [4.69, 9.17) is 5.73 Å². The predicted octanol–water partition coefficient (Wildman–Crippen LogP) is 0.712. The molecule has 1 fully saturated rings. The van der Waals surface area contributed by atoms with Gasteiger partial charge in [0.1, 0.15) is 23.9 Å². The molecule has 0 radical (unpaired) electrons. The van der Waals surface area contributed by atoms with Crippen molar-refractivity contribution in [3.05, 3.63) is 65.7 Å². The van der Waals surface area contributed by atoms with Crippen LogP contribution in [0, 0.1) is 5.92 Å². The molecule has 2 aromatic carbocycles. The molecule has 0 saturated carbocycles.